The number of rotatable bonds is 11. The van der Waals surface area contributed by atoms with E-state index in [1.54, 1.807) is 11.6 Å². The average Bonchev–Trinajstić information content (AvgIpc) is 3.09. The highest BCUT2D eigenvalue weighted by atomic mass is 35.5. The van der Waals surface area contributed by atoms with Crippen molar-refractivity contribution in [2.24, 2.45) is 5.73 Å². The van der Waals surface area contributed by atoms with E-state index in [1.807, 2.05) is 0 Å². The molecule has 0 spiro atoms. The summed E-state index contributed by atoms with van der Waals surface area (Å²) in [5.74, 6) is -0.584. The zero-order valence-electron chi connectivity index (χ0n) is 13.6. The number of nitrogens with two attached hydrogens (primary N) is 1. The monoisotopic (exact) mass is 405 g/mol. The molecule has 138 valence electrons. The van der Waals surface area contributed by atoms with E-state index in [9.17, 15) is 8.60 Å². The Bertz CT molecular complexity index is 687. The molecule has 0 saturated heterocycles. The van der Waals surface area contributed by atoms with Gasteiger partial charge in [0.05, 0.1) is 15.6 Å². The average molecular weight is 406 g/mol. The lowest BCUT2D eigenvalue weighted by atomic mass is 10.2. The highest BCUT2D eigenvalue weighted by molar-refractivity contribution is 7.86. The highest BCUT2D eigenvalue weighted by Crippen LogP contribution is 2.28. The van der Waals surface area contributed by atoms with E-state index in [-0.39, 0.29) is 4.90 Å². The molecule has 0 amide bonds. The SMILES string of the molecule is NCCNCCCCNc1cc(F)c(S(=O)Nc2nccs2)cc1Cl. The van der Waals surface area contributed by atoms with Crippen LogP contribution in [-0.4, -0.2) is 35.4 Å². The van der Waals surface area contributed by atoms with Crippen LogP contribution < -0.4 is 21.1 Å². The zero-order valence-corrected chi connectivity index (χ0v) is 15.9. The van der Waals surface area contributed by atoms with Gasteiger partial charge >= 0.3 is 0 Å². The first kappa shape index (κ1) is 20.1. The van der Waals surface area contributed by atoms with Gasteiger partial charge < -0.3 is 16.4 Å². The van der Waals surface area contributed by atoms with Gasteiger partial charge in [-0.3, -0.25) is 4.72 Å². The van der Waals surface area contributed by atoms with Gasteiger partial charge in [-0.05, 0) is 31.5 Å². The van der Waals surface area contributed by atoms with Crippen LogP contribution in [-0.2, 0) is 11.0 Å². The molecule has 0 fully saturated rings. The molecule has 0 radical (unpaired) electrons. The predicted molar refractivity (Wildman–Crippen MR) is 103 cm³/mol. The lowest BCUT2D eigenvalue weighted by Gasteiger charge is -2.11. The van der Waals surface area contributed by atoms with E-state index in [0.29, 0.717) is 28.9 Å². The molecule has 25 heavy (non-hydrogen) atoms. The van der Waals surface area contributed by atoms with Crippen LogP contribution in [0.5, 0.6) is 0 Å². The van der Waals surface area contributed by atoms with E-state index in [0.717, 1.165) is 25.9 Å². The van der Waals surface area contributed by atoms with Crippen molar-refractivity contribution in [2.75, 3.05) is 36.2 Å². The molecular formula is C15H21ClFN5OS2. The van der Waals surface area contributed by atoms with Gasteiger partial charge in [-0.2, -0.15) is 0 Å². The molecule has 10 heteroatoms. The molecule has 0 bridgehead atoms. The Morgan fingerprint density at radius 3 is 2.80 bits per heavy atom. The molecule has 0 aliphatic carbocycles. The number of aromatic nitrogens is 1. The second kappa shape index (κ2) is 10.7. The van der Waals surface area contributed by atoms with Gasteiger partial charge in [0.15, 0.2) is 16.1 Å². The van der Waals surface area contributed by atoms with Crippen molar-refractivity contribution in [3.63, 3.8) is 0 Å². The van der Waals surface area contributed by atoms with Crippen LogP contribution in [0.15, 0.2) is 28.6 Å². The second-order valence-corrected chi connectivity index (χ2v) is 7.63. The van der Waals surface area contributed by atoms with E-state index in [2.05, 4.69) is 20.3 Å². The molecule has 1 aromatic heterocycles. The van der Waals surface area contributed by atoms with Gasteiger partial charge in [-0.15, -0.1) is 11.3 Å². The Labute approximate surface area is 158 Å². The number of hydrogen-bond donors (Lipinski definition) is 4. The van der Waals surface area contributed by atoms with E-state index in [4.69, 9.17) is 17.3 Å². The molecule has 5 N–H and O–H groups in total. The number of benzene rings is 1. The molecule has 0 aliphatic rings. The van der Waals surface area contributed by atoms with Crippen molar-refractivity contribution in [3.8, 4) is 0 Å². The fourth-order valence-corrected chi connectivity index (χ4v) is 3.91. The Morgan fingerprint density at radius 2 is 2.08 bits per heavy atom. The predicted octanol–water partition coefficient (Wildman–Crippen LogP) is 2.81. The topological polar surface area (TPSA) is 92.1 Å². The summed E-state index contributed by atoms with van der Waals surface area (Å²) >= 11 is 7.46. The lowest BCUT2D eigenvalue weighted by molar-refractivity contribution is 0.596. The van der Waals surface area contributed by atoms with Crippen molar-refractivity contribution in [3.05, 3.63) is 34.5 Å². The van der Waals surface area contributed by atoms with E-state index < -0.39 is 16.8 Å². The molecule has 2 aromatic rings. The summed E-state index contributed by atoms with van der Waals surface area (Å²) in [4.78, 5) is 3.96. The Morgan fingerprint density at radius 1 is 1.28 bits per heavy atom. The minimum absolute atomic E-state index is 0.00302. The maximum atomic E-state index is 14.3. The number of nitrogens with one attached hydrogen (secondary N) is 3. The molecule has 1 atom stereocenters. The highest BCUT2D eigenvalue weighted by Gasteiger charge is 2.15. The van der Waals surface area contributed by atoms with Crippen molar-refractivity contribution in [1.29, 1.82) is 0 Å². The van der Waals surface area contributed by atoms with Crippen molar-refractivity contribution in [2.45, 2.75) is 17.7 Å². The standard InChI is InChI=1S/C15H21ClFN5OS2/c16-11-9-14(25(23)22-15-21-7-8-24-15)12(17)10-13(11)20-5-2-1-4-19-6-3-18/h7-10,19-20H,1-6,18H2,(H,21,22). The van der Waals surface area contributed by atoms with Gasteiger partial charge in [0.25, 0.3) is 0 Å². The minimum Gasteiger partial charge on any atom is -0.384 e. The number of hydrogen-bond acceptors (Lipinski definition) is 6. The summed E-state index contributed by atoms with van der Waals surface area (Å²) in [6.07, 6.45) is 3.47. The summed E-state index contributed by atoms with van der Waals surface area (Å²) in [5.41, 5.74) is 5.88. The molecule has 1 unspecified atom stereocenters. The third-order valence-electron chi connectivity index (χ3n) is 3.25. The molecule has 1 heterocycles. The number of halogens is 2. The molecule has 0 aliphatic heterocycles. The third kappa shape index (κ3) is 6.52. The fraction of sp³-hybridized carbons (Fsp3) is 0.400. The van der Waals surface area contributed by atoms with Crippen LogP contribution in [0.3, 0.4) is 0 Å². The quantitative estimate of drug-likeness (QED) is 0.431. The molecule has 2 rings (SSSR count). The Hall–Kier alpha value is -1.26. The van der Waals surface area contributed by atoms with Gasteiger partial charge in [0, 0.05) is 31.2 Å². The maximum Gasteiger partial charge on any atom is 0.194 e. The largest absolute Gasteiger partial charge is 0.384 e. The van der Waals surface area contributed by atoms with Gasteiger partial charge in [-0.25, -0.2) is 13.6 Å². The number of anilines is 2. The normalized spacial score (nSPS) is 12.1. The van der Waals surface area contributed by atoms with E-state index in [1.165, 1.54) is 23.5 Å². The van der Waals surface area contributed by atoms with Gasteiger partial charge in [0.1, 0.15) is 5.82 Å². The first-order valence-electron chi connectivity index (χ1n) is 7.83. The van der Waals surface area contributed by atoms with Crippen LogP contribution in [0.4, 0.5) is 15.2 Å². The summed E-state index contributed by atoms with van der Waals surface area (Å²) < 4.78 is 29.1. The van der Waals surface area contributed by atoms with Crippen LogP contribution in [0.1, 0.15) is 12.8 Å². The molecule has 0 saturated carbocycles. The number of thiazole rings is 1. The van der Waals surface area contributed by atoms with Crippen LogP contribution in [0.2, 0.25) is 5.02 Å². The third-order valence-corrected chi connectivity index (χ3v) is 5.47. The Balaban J connectivity index is 1.87. The van der Waals surface area contributed by atoms with Crippen molar-refractivity contribution < 1.29 is 8.60 Å². The summed E-state index contributed by atoms with van der Waals surface area (Å²) in [7, 11) is -1.76. The first-order chi connectivity index (χ1) is 12.1. The fourth-order valence-electron chi connectivity index (χ4n) is 2.04. The maximum absolute atomic E-state index is 14.3. The smallest absolute Gasteiger partial charge is 0.194 e. The van der Waals surface area contributed by atoms with Gasteiger partial charge in [-0.1, -0.05) is 11.6 Å². The van der Waals surface area contributed by atoms with Crippen molar-refractivity contribution >= 4 is 44.7 Å². The second-order valence-electron chi connectivity index (χ2n) is 5.14. The molecular weight excluding hydrogens is 385 g/mol. The lowest BCUT2D eigenvalue weighted by Crippen LogP contribution is -2.23. The number of nitrogens with zero attached hydrogens (tertiary/aromatic N) is 1. The number of unbranched alkanes of at least 4 members (excludes halogenated alkanes) is 1. The Kier molecular flexibility index (Phi) is 8.56. The van der Waals surface area contributed by atoms with Crippen LogP contribution in [0.25, 0.3) is 0 Å². The summed E-state index contributed by atoms with van der Waals surface area (Å²) in [6.45, 7) is 2.99. The van der Waals surface area contributed by atoms with Crippen LogP contribution in [0, 0.1) is 5.82 Å². The zero-order chi connectivity index (χ0) is 18.1. The molecule has 1 aromatic carbocycles. The van der Waals surface area contributed by atoms with Gasteiger partial charge in [0.2, 0.25) is 0 Å². The van der Waals surface area contributed by atoms with Crippen LogP contribution >= 0.6 is 22.9 Å². The van der Waals surface area contributed by atoms with E-state index >= 15 is 0 Å². The minimum atomic E-state index is -1.76. The first-order valence-corrected chi connectivity index (χ1v) is 10.2. The molecule has 6 nitrogen and oxygen atoms in total. The summed E-state index contributed by atoms with van der Waals surface area (Å²) in [5, 5.41) is 8.83. The van der Waals surface area contributed by atoms with Crippen molar-refractivity contribution in [1.82, 2.24) is 10.3 Å². The summed E-state index contributed by atoms with van der Waals surface area (Å²) in [6, 6.07) is 2.64.